The molecular weight excluding hydrogens is 128 g/mol. The van der Waals surface area contributed by atoms with E-state index in [0.717, 1.165) is 11.2 Å². The molecule has 54 valence electrons. The first kappa shape index (κ1) is 7.46. The maximum absolute atomic E-state index is 2.39. The molecule has 0 aromatic heterocycles. The van der Waals surface area contributed by atoms with Gasteiger partial charge in [0.15, 0.2) is 0 Å². The molecule has 0 nitrogen and oxygen atoms in total. The second-order valence-electron chi connectivity index (χ2n) is 2.96. The van der Waals surface area contributed by atoms with Crippen LogP contribution in [0.15, 0.2) is 0 Å². The molecule has 1 fully saturated rings. The van der Waals surface area contributed by atoms with Crippen LogP contribution < -0.4 is 0 Å². The summed E-state index contributed by atoms with van der Waals surface area (Å²) < 4.78 is 0. The summed E-state index contributed by atoms with van der Waals surface area (Å²) in [4.78, 5) is 0. The van der Waals surface area contributed by atoms with Crippen LogP contribution in [0.2, 0.25) is 0 Å². The summed E-state index contributed by atoms with van der Waals surface area (Å²) in [5.74, 6) is 2.40. The zero-order valence-electron chi connectivity index (χ0n) is 6.39. The van der Waals surface area contributed by atoms with E-state index in [9.17, 15) is 0 Å². The Labute approximate surface area is 62.4 Å². The van der Waals surface area contributed by atoms with E-state index in [2.05, 4.69) is 25.6 Å². The minimum absolute atomic E-state index is 0.995. The van der Waals surface area contributed by atoms with Crippen molar-refractivity contribution in [2.45, 2.75) is 38.4 Å². The van der Waals surface area contributed by atoms with E-state index >= 15 is 0 Å². The molecule has 2 atom stereocenters. The van der Waals surface area contributed by atoms with Crippen molar-refractivity contribution in [3.05, 3.63) is 0 Å². The molecular formula is C8H16S. The first-order valence-corrected chi connectivity index (χ1v) is 5.01. The van der Waals surface area contributed by atoms with Gasteiger partial charge in [-0.2, -0.15) is 11.8 Å². The van der Waals surface area contributed by atoms with Gasteiger partial charge in [-0.05, 0) is 24.5 Å². The summed E-state index contributed by atoms with van der Waals surface area (Å²) in [7, 11) is 0. The van der Waals surface area contributed by atoms with Crippen molar-refractivity contribution in [3.63, 3.8) is 0 Å². The molecule has 1 saturated heterocycles. The lowest BCUT2D eigenvalue weighted by Gasteiger charge is -2.11. The number of hydrogen-bond donors (Lipinski definition) is 0. The molecule has 0 saturated carbocycles. The smallest absolute Gasteiger partial charge is 0.00728 e. The molecule has 1 aliphatic heterocycles. The maximum Gasteiger partial charge on any atom is 0.00728 e. The van der Waals surface area contributed by atoms with Gasteiger partial charge in [-0.25, -0.2) is 0 Å². The first-order chi connectivity index (χ1) is 4.34. The van der Waals surface area contributed by atoms with Gasteiger partial charge in [0.25, 0.3) is 0 Å². The SMILES string of the molecule is CCC[C@@H]1SCC[C@H]1C. The molecule has 0 amide bonds. The molecule has 0 radical (unpaired) electrons. The molecule has 1 heterocycles. The Morgan fingerprint density at radius 2 is 2.33 bits per heavy atom. The predicted octanol–water partition coefficient (Wildman–Crippen LogP) is 2.93. The second-order valence-corrected chi connectivity index (χ2v) is 4.31. The van der Waals surface area contributed by atoms with Gasteiger partial charge < -0.3 is 0 Å². The Morgan fingerprint density at radius 3 is 2.78 bits per heavy atom. The summed E-state index contributed by atoms with van der Waals surface area (Å²) in [6.07, 6.45) is 4.25. The predicted molar refractivity (Wildman–Crippen MR) is 44.9 cm³/mol. The van der Waals surface area contributed by atoms with Gasteiger partial charge in [-0.15, -0.1) is 0 Å². The standard InChI is InChI=1S/C8H16S/c1-3-4-8-7(2)5-6-9-8/h7-8H,3-6H2,1-2H3/t7-,8+/m1/s1. The number of rotatable bonds is 2. The molecule has 1 aliphatic rings. The molecule has 0 aromatic carbocycles. The average Bonchev–Trinajstić information content (AvgIpc) is 2.18. The third-order valence-corrected chi connectivity index (χ3v) is 3.71. The van der Waals surface area contributed by atoms with E-state index in [0.29, 0.717) is 0 Å². The van der Waals surface area contributed by atoms with Crippen LogP contribution >= 0.6 is 11.8 Å². The van der Waals surface area contributed by atoms with Crippen molar-refractivity contribution in [2.75, 3.05) is 5.75 Å². The fourth-order valence-corrected chi connectivity index (χ4v) is 3.09. The normalized spacial score (nSPS) is 35.3. The van der Waals surface area contributed by atoms with Crippen LogP contribution in [0.25, 0.3) is 0 Å². The van der Waals surface area contributed by atoms with Gasteiger partial charge in [0.1, 0.15) is 0 Å². The van der Waals surface area contributed by atoms with E-state index < -0.39 is 0 Å². The fourth-order valence-electron chi connectivity index (χ4n) is 1.41. The lowest BCUT2D eigenvalue weighted by atomic mass is 10.0. The van der Waals surface area contributed by atoms with Crippen LogP contribution in [-0.4, -0.2) is 11.0 Å². The average molecular weight is 144 g/mol. The Morgan fingerprint density at radius 1 is 1.56 bits per heavy atom. The number of hydrogen-bond acceptors (Lipinski definition) is 1. The molecule has 1 rings (SSSR count). The maximum atomic E-state index is 2.39. The summed E-state index contributed by atoms with van der Waals surface area (Å²) in [6, 6.07) is 0. The topological polar surface area (TPSA) is 0 Å². The first-order valence-electron chi connectivity index (χ1n) is 3.96. The third kappa shape index (κ3) is 1.89. The van der Waals surface area contributed by atoms with Crippen molar-refractivity contribution in [3.8, 4) is 0 Å². The van der Waals surface area contributed by atoms with E-state index in [1.54, 1.807) is 0 Å². The molecule has 0 bridgehead atoms. The highest BCUT2D eigenvalue weighted by molar-refractivity contribution is 8.00. The summed E-state index contributed by atoms with van der Waals surface area (Å²) in [5, 5.41) is 0.995. The number of thioether (sulfide) groups is 1. The van der Waals surface area contributed by atoms with Crippen LogP contribution in [0.3, 0.4) is 0 Å². The Balaban J connectivity index is 2.22. The second kappa shape index (κ2) is 3.50. The van der Waals surface area contributed by atoms with Gasteiger partial charge in [-0.3, -0.25) is 0 Å². The molecule has 0 aromatic rings. The van der Waals surface area contributed by atoms with E-state index in [4.69, 9.17) is 0 Å². The van der Waals surface area contributed by atoms with Crippen LogP contribution in [0.4, 0.5) is 0 Å². The van der Waals surface area contributed by atoms with Gasteiger partial charge in [0.2, 0.25) is 0 Å². The van der Waals surface area contributed by atoms with Crippen molar-refractivity contribution < 1.29 is 0 Å². The van der Waals surface area contributed by atoms with Crippen molar-refractivity contribution in [2.24, 2.45) is 5.92 Å². The van der Waals surface area contributed by atoms with E-state index in [1.165, 1.54) is 25.0 Å². The highest BCUT2D eigenvalue weighted by Crippen LogP contribution is 2.34. The Kier molecular flexibility index (Phi) is 2.90. The fraction of sp³-hybridized carbons (Fsp3) is 1.00. The van der Waals surface area contributed by atoms with Crippen LogP contribution in [0, 0.1) is 5.92 Å². The molecule has 0 unspecified atom stereocenters. The largest absolute Gasteiger partial charge is 0.158 e. The lowest BCUT2D eigenvalue weighted by molar-refractivity contribution is 0.535. The minimum Gasteiger partial charge on any atom is -0.158 e. The molecule has 0 spiro atoms. The Hall–Kier alpha value is 0.350. The molecule has 0 aliphatic carbocycles. The van der Waals surface area contributed by atoms with Crippen molar-refractivity contribution in [1.29, 1.82) is 0 Å². The zero-order chi connectivity index (χ0) is 6.69. The quantitative estimate of drug-likeness (QED) is 0.574. The highest BCUT2D eigenvalue weighted by atomic mass is 32.2. The highest BCUT2D eigenvalue weighted by Gasteiger charge is 2.22. The van der Waals surface area contributed by atoms with Gasteiger partial charge in [-0.1, -0.05) is 20.3 Å². The summed E-state index contributed by atoms with van der Waals surface area (Å²) in [6.45, 7) is 4.67. The van der Waals surface area contributed by atoms with E-state index in [-0.39, 0.29) is 0 Å². The summed E-state index contributed by atoms with van der Waals surface area (Å²) in [5.41, 5.74) is 0. The van der Waals surface area contributed by atoms with Crippen LogP contribution in [-0.2, 0) is 0 Å². The van der Waals surface area contributed by atoms with E-state index in [1.807, 2.05) is 0 Å². The zero-order valence-corrected chi connectivity index (χ0v) is 7.21. The summed E-state index contributed by atoms with van der Waals surface area (Å²) >= 11 is 2.18. The lowest BCUT2D eigenvalue weighted by Crippen LogP contribution is -2.06. The van der Waals surface area contributed by atoms with Gasteiger partial charge in [0.05, 0.1) is 0 Å². The molecule has 1 heteroatoms. The molecule has 0 N–H and O–H groups in total. The Bertz CT molecular complexity index is 80.6. The van der Waals surface area contributed by atoms with Crippen molar-refractivity contribution in [1.82, 2.24) is 0 Å². The monoisotopic (exact) mass is 144 g/mol. The third-order valence-electron chi connectivity index (χ3n) is 2.11. The minimum atomic E-state index is 0.995. The van der Waals surface area contributed by atoms with Gasteiger partial charge in [0, 0.05) is 5.25 Å². The molecule has 9 heavy (non-hydrogen) atoms. The van der Waals surface area contributed by atoms with Crippen molar-refractivity contribution >= 4 is 11.8 Å². The van der Waals surface area contributed by atoms with Gasteiger partial charge >= 0.3 is 0 Å². The van der Waals surface area contributed by atoms with Crippen LogP contribution in [0.1, 0.15) is 33.1 Å². The van der Waals surface area contributed by atoms with Crippen LogP contribution in [0.5, 0.6) is 0 Å².